The van der Waals surface area contributed by atoms with Gasteiger partial charge in [-0.15, -0.1) is 0 Å². The molecule has 86 valence electrons. The fourth-order valence-electron chi connectivity index (χ4n) is 1.33. The minimum atomic E-state index is -0.529. The number of anilines is 1. The molecule has 0 aliphatic heterocycles. The molecule has 0 aromatic carbocycles. The van der Waals surface area contributed by atoms with Crippen molar-refractivity contribution < 1.29 is 4.92 Å². The van der Waals surface area contributed by atoms with Gasteiger partial charge in [0.25, 0.3) is 0 Å². The van der Waals surface area contributed by atoms with Crippen LogP contribution in [0.1, 0.15) is 0 Å². The maximum Gasteiger partial charge on any atom is 0.329 e. The van der Waals surface area contributed by atoms with Crippen molar-refractivity contribution in [1.29, 1.82) is 0 Å². The molecule has 0 aliphatic rings. The number of hydrogen-bond acceptors (Lipinski definition) is 6. The summed E-state index contributed by atoms with van der Waals surface area (Å²) in [4.78, 5) is 22.1. The number of aromatic nitrogens is 3. The molecule has 17 heavy (non-hydrogen) atoms. The van der Waals surface area contributed by atoms with Gasteiger partial charge in [-0.25, -0.2) is 9.97 Å². The fraction of sp³-hybridized carbons (Fsp3) is 0.100. The van der Waals surface area contributed by atoms with Crippen LogP contribution in [0.25, 0.3) is 11.4 Å². The fourth-order valence-corrected chi connectivity index (χ4v) is 1.33. The van der Waals surface area contributed by atoms with E-state index in [-0.39, 0.29) is 11.5 Å². The second-order valence-electron chi connectivity index (χ2n) is 3.18. The van der Waals surface area contributed by atoms with Gasteiger partial charge in [0.15, 0.2) is 5.82 Å². The topological polar surface area (TPSA) is 93.8 Å². The minimum Gasteiger partial charge on any atom is -0.367 e. The zero-order chi connectivity index (χ0) is 12.3. The van der Waals surface area contributed by atoms with Crippen LogP contribution in [0.15, 0.2) is 30.7 Å². The smallest absolute Gasteiger partial charge is 0.329 e. The highest BCUT2D eigenvalue weighted by Crippen LogP contribution is 2.23. The van der Waals surface area contributed by atoms with E-state index in [1.807, 2.05) is 0 Å². The third kappa shape index (κ3) is 2.17. The van der Waals surface area contributed by atoms with Gasteiger partial charge in [0, 0.05) is 25.0 Å². The van der Waals surface area contributed by atoms with Gasteiger partial charge in [-0.3, -0.25) is 15.1 Å². The molecule has 0 amide bonds. The van der Waals surface area contributed by atoms with Crippen LogP contribution in [0.3, 0.4) is 0 Å². The van der Waals surface area contributed by atoms with Crippen molar-refractivity contribution in [2.24, 2.45) is 0 Å². The molecule has 2 aromatic rings. The second kappa shape index (κ2) is 4.52. The van der Waals surface area contributed by atoms with Gasteiger partial charge in [-0.05, 0) is 12.1 Å². The first-order valence-electron chi connectivity index (χ1n) is 4.82. The summed E-state index contributed by atoms with van der Waals surface area (Å²) in [7, 11) is 1.57. The molecule has 0 bridgehead atoms. The van der Waals surface area contributed by atoms with Crippen LogP contribution in [0, 0.1) is 10.1 Å². The first-order chi connectivity index (χ1) is 8.22. The molecule has 0 atom stereocenters. The predicted molar refractivity (Wildman–Crippen MR) is 61.5 cm³/mol. The first-order valence-corrected chi connectivity index (χ1v) is 4.82. The zero-order valence-electron chi connectivity index (χ0n) is 8.99. The Bertz CT molecular complexity index is 544. The van der Waals surface area contributed by atoms with Gasteiger partial charge >= 0.3 is 5.69 Å². The molecule has 2 heterocycles. The van der Waals surface area contributed by atoms with Crippen LogP contribution in [0.2, 0.25) is 0 Å². The van der Waals surface area contributed by atoms with E-state index >= 15 is 0 Å². The van der Waals surface area contributed by atoms with Crippen molar-refractivity contribution in [2.75, 3.05) is 12.4 Å². The van der Waals surface area contributed by atoms with Gasteiger partial charge in [-0.1, -0.05) is 0 Å². The van der Waals surface area contributed by atoms with Gasteiger partial charge in [0.1, 0.15) is 6.20 Å². The molecule has 2 aromatic heterocycles. The quantitative estimate of drug-likeness (QED) is 0.635. The van der Waals surface area contributed by atoms with Crippen molar-refractivity contribution in [3.05, 3.63) is 40.8 Å². The van der Waals surface area contributed by atoms with Gasteiger partial charge in [0.05, 0.1) is 4.92 Å². The van der Waals surface area contributed by atoms with E-state index in [4.69, 9.17) is 0 Å². The molecule has 7 heteroatoms. The Kier molecular flexibility index (Phi) is 2.91. The Morgan fingerprint density at radius 1 is 1.41 bits per heavy atom. The van der Waals surface area contributed by atoms with E-state index in [0.29, 0.717) is 11.4 Å². The van der Waals surface area contributed by atoms with Gasteiger partial charge in [0.2, 0.25) is 5.82 Å². The van der Waals surface area contributed by atoms with Crippen LogP contribution in [0.5, 0.6) is 0 Å². The molecule has 7 nitrogen and oxygen atoms in total. The zero-order valence-corrected chi connectivity index (χ0v) is 8.99. The first kappa shape index (κ1) is 10.9. The molecule has 0 saturated heterocycles. The Balaban J connectivity index is 2.49. The monoisotopic (exact) mass is 231 g/mol. The highest BCUT2D eigenvalue weighted by Gasteiger charge is 2.16. The standard InChI is InChI=1S/C10H9N5O2/c1-11-10-8(15(16)17)6-13-9(14-10)7-3-2-4-12-5-7/h2-6H,1H3,(H,11,13,14). The molecular formula is C10H9N5O2. The molecule has 0 spiro atoms. The van der Waals surface area contributed by atoms with E-state index in [1.165, 1.54) is 6.20 Å². The molecule has 0 unspecified atom stereocenters. The second-order valence-corrected chi connectivity index (χ2v) is 3.18. The van der Waals surface area contributed by atoms with Crippen LogP contribution >= 0.6 is 0 Å². The lowest BCUT2D eigenvalue weighted by Gasteiger charge is -2.03. The van der Waals surface area contributed by atoms with Crippen molar-refractivity contribution in [3.8, 4) is 11.4 Å². The Morgan fingerprint density at radius 2 is 2.24 bits per heavy atom. The molecule has 0 fully saturated rings. The van der Waals surface area contributed by atoms with E-state index in [1.54, 1.807) is 31.6 Å². The third-order valence-corrected chi connectivity index (χ3v) is 2.12. The van der Waals surface area contributed by atoms with Crippen molar-refractivity contribution in [1.82, 2.24) is 15.0 Å². The summed E-state index contributed by atoms with van der Waals surface area (Å²) in [6.45, 7) is 0. The number of pyridine rings is 1. The lowest BCUT2D eigenvalue weighted by Crippen LogP contribution is -2.02. The van der Waals surface area contributed by atoms with E-state index in [9.17, 15) is 10.1 Å². The van der Waals surface area contributed by atoms with Crippen LogP contribution in [-0.4, -0.2) is 26.9 Å². The van der Waals surface area contributed by atoms with Crippen molar-refractivity contribution in [2.45, 2.75) is 0 Å². The summed E-state index contributed by atoms with van der Waals surface area (Å²) in [5.74, 6) is 0.580. The third-order valence-electron chi connectivity index (χ3n) is 2.12. The Morgan fingerprint density at radius 3 is 2.82 bits per heavy atom. The molecule has 1 N–H and O–H groups in total. The summed E-state index contributed by atoms with van der Waals surface area (Å²) >= 11 is 0. The van der Waals surface area contributed by atoms with Crippen molar-refractivity contribution in [3.63, 3.8) is 0 Å². The van der Waals surface area contributed by atoms with Crippen molar-refractivity contribution >= 4 is 11.5 Å². The normalized spacial score (nSPS) is 9.94. The summed E-state index contributed by atoms with van der Waals surface area (Å²) in [5, 5.41) is 13.4. The lowest BCUT2D eigenvalue weighted by atomic mass is 10.2. The summed E-state index contributed by atoms with van der Waals surface area (Å²) in [6, 6.07) is 3.53. The maximum absolute atomic E-state index is 10.7. The largest absolute Gasteiger partial charge is 0.367 e. The number of rotatable bonds is 3. The van der Waals surface area contributed by atoms with Gasteiger partial charge in [-0.2, -0.15) is 0 Å². The Hall–Kier alpha value is -2.57. The average molecular weight is 231 g/mol. The van der Waals surface area contributed by atoms with Crippen LogP contribution in [0.4, 0.5) is 11.5 Å². The number of nitro groups is 1. The number of hydrogen-bond donors (Lipinski definition) is 1. The highest BCUT2D eigenvalue weighted by molar-refractivity contribution is 5.61. The molecule has 0 radical (unpaired) electrons. The molecular weight excluding hydrogens is 222 g/mol. The SMILES string of the molecule is CNc1nc(-c2cccnc2)ncc1[N+](=O)[O-]. The van der Waals surface area contributed by atoms with Crippen LogP contribution in [-0.2, 0) is 0 Å². The lowest BCUT2D eigenvalue weighted by molar-refractivity contribution is -0.384. The van der Waals surface area contributed by atoms with E-state index < -0.39 is 4.92 Å². The average Bonchev–Trinajstić information content (AvgIpc) is 2.39. The predicted octanol–water partition coefficient (Wildman–Crippen LogP) is 1.49. The van der Waals surface area contributed by atoms with E-state index in [0.717, 1.165) is 0 Å². The summed E-state index contributed by atoms with van der Waals surface area (Å²) in [6.07, 6.45) is 4.41. The maximum atomic E-state index is 10.7. The summed E-state index contributed by atoms with van der Waals surface area (Å²) in [5.41, 5.74) is 0.555. The molecule has 0 saturated carbocycles. The Labute approximate surface area is 96.7 Å². The summed E-state index contributed by atoms with van der Waals surface area (Å²) < 4.78 is 0. The highest BCUT2D eigenvalue weighted by atomic mass is 16.6. The van der Waals surface area contributed by atoms with E-state index in [2.05, 4.69) is 20.3 Å². The number of nitrogens with zero attached hydrogens (tertiary/aromatic N) is 4. The minimum absolute atomic E-state index is 0.153. The number of nitrogens with one attached hydrogen (secondary N) is 1. The van der Waals surface area contributed by atoms with Crippen LogP contribution < -0.4 is 5.32 Å². The van der Waals surface area contributed by atoms with Gasteiger partial charge < -0.3 is 5.32 Å². The molecule has 2 rings (SSSR count). The molecule has 0 aliphatic carbocycles.